The lowest BCUT2D eigenvalue weighted by Crippen LogP contribution is -2.23. The molecule has 0 saturated carbocycles. The molecule has 0 spiro atoms. The molecular formula is C15H16Cl2IN3. The maximum Gasteiger partial charge on any atom is 0.193 e. The monoisotopic (exact) mass is 435 g/mol. The van der Waals surface area contributed by atoms with Gasteiger partial charge in [-0.2, -0.15) is 0 Å². The first-order valence-corrected chi connectivity index (χ1v) is 6.97. The Balaban J connectivity index is 0.00000220. The minimum atomic E-state index is 0. The first kappa shape index (κ1) is 18.1. The Bertz CT molecular complexity index is 583. The molecule has 0 fully saturated rings. The number of nitrogens with zero attached hydrogens (tertiary/aromatic N) is 1. The van der Waals surface area contributed by atoms with E-state index in [4.69, 9.17) is 28.9 Å². The van der Waals surface area contributed by atoms with Crippen molar-refractivity contribution in [2.75, 3.05) is 11.9 Å². The quantitative estimate of drug-likeness (QED) is 0.419. The second-order valence-electron chi connectivity index (χ2n) is 4.21. The lowest BCUT2D eigenvalue weighted by atomic mass is 10.1. The van der Waals surface area contributed by atoms with Crippen LogP contribution in [0.2, 0.25) is 10.0 Å². The van der Waals surface area contributed by atoms with Crippen LogP contribution in [0.4, 0.5) is 5.69 Å². The third-order valence-corrected chi connectivity index (χ3v) is 3.46. The molecule has 0 saturated heterocycles. The molecule has 21 heavy (non-hydrogen) atoms. The highest BCUT2D eigenvalue weighted by Crippen LogP contribution is 2.24. The van der Waals surface area contributed by atoms with Gasteiger partial charge in [0.15, 0.2) is 5.96 Å². The Hall–Kier alpha value is -0.980. The van der Waals surface area contributed by atoms with E-state index in [0.29, 0.717) is 29.0 Å². The maximum atomic E-state index is 6.09. The van der Waals surface area contributed by atoms with Crippen LogP contribution in [-0.4, -0.2) is 12.5 Å². The van der Waals surface area contributed by atoms with Gasteiger partial charge in [0.05, 0.1) is 0 Å². The SMILES string of the molecule is I.NC(=NCCc1c(Cl)cccc1Cl)Nc1ccccc1. The fourth-order valence-corrected chi connectivity index (χ4v) is 2.35. The molecule has 0 bridgehead atoms. The number of hydrogen-bond acceptors (Lipinski definition) is 1. The molecule has 0 atom stereocenters. The predicted octanol–water partition coefficient (Wildman–Crippen LogP) is 4.58. The van der Waals surface area contributed by atoms with E-state index in [-0.39, 0.29) is 24.0 Å². The second kappa shape index (κ2) is 9.12. The number of para-hydroxylation sites is 1. The van der Waals surface area contributed by atoms with E-state index in [2.05, 4.69) is 10.3 Å². The third kappa shape index (κ3) is 5.73. The lowest BCUT2D eigenvalue weighted by Gasteiger charge is -2.07. The van der Waals surface area contributed by atoms with Gasteiger partial charge in [0, 0.05) is 22.3 Å². The van der Waals surface area contributed by atoms with Crippen LogP contribution < -0.4 is 11.1 Å². The van der Waals surface area contributed by atoms with Gasteiger partial charge in [0.1, 0.15) is 0 Å². The largest absolute Gasteiger partial charge is 0.370 e. The van der Waals surface area contributed by atoms with Crippen LogP contribution in [-0.2, 0) is 6.42 Å². The van der Waals surface area contributed by atoms with E-state index in [1.54, 1.807) is 0 Å². The fraction of sp³-hybridized carbons (Fsp3) is 0.133. The summed E-state index contributed by atoms with van der Waals surface area (Å²) < 4.78 is 0. The Morgan fingerprint density at radius 2 is 1.62 bits per heavy atom. The normalized spacial score (nSPS) is 10.9. The van der Waals surface area contributed by atoms with Crippen LogP contribution in [0.5, 0.6) is 0 Å². The van der Waals surface area contributed by atoms with Gasteiger partial charge in [-0.15, -0.1) is 24.0 Å². The number of nitrogens with one attached hydrogen (secondary N) is 1. The maximum absolute atomic E-state index is 6.09. The Morgan fingerprint density at radius 3 is 2.24 bits per heavy atom. The van der Waals surface area contributed by atoms with E-state index in [0.717, 1.165) is 11.3 Å². The minimum absolute atomic E-state index is 0. The van der Waals surface area contributed by atoms with Crippen LogP contribution in [0.15, 0.2) is 53.5 Å². The summed E-state index contributed by atoms with van der Waals surface area (Å²) in [6, 6.07) is 15.1. The van der Waals surface area contributed by atoms with Gasteiger partial charge in [-0.1, -0.05) is 47.5 Å². The fourth-order valence-electron chi connectivity index (χ4n) is 1.77. The highest BCUT2D eigenvalue weighted by molar-refractivity contribution is 14.0. The summed E-state index contributed by atoms with van der Waals surface area (Å²) in [7, 11) is 0. The average Bonchev–Trinajstić information content (AvgIpc) is 2.43. The van der Waals surface area contributed by atoms with Crippen molar-refractivity contribution in [2.45, 2.75) is 6.42 Å². The van der Waals surface area contributed by atoms with Crippen molar-refractivity contribution in [1.29, 1.82) is 0 Å². The number of aliphatic imine (C=N–C) groups is 1. The molecule has 112 valence electrons. The molecule has 3 nitrogen and oxygen atoms in total. The van der Waals surface area contributed by atoms with Gasteiger partial charge in [-0.05, 0) is 36.2 Å². The van der Waals surface area contributed by atoms with Crippen molar-refractivity contribution in [3.05, 3.63) is 64.1 Å². The highest BCUT2D eigenvalue weighted by atomic mass is 127. The van der Waals surface area contributed by atoms with Crippen LogP contribution >= 0.6 is 47.2 Å². The van der Waals surface area contributed by atoms with Crippen molar-refractivity contribution < 1.29 is 0 Å². The molecule has 0 aromatic heterocycles. The van der Waals surface area contributed by atoms with Gasteiger partial charge in [-0.3, -0.25) is 4.99 Å². The molecule has 2 aromatic carbocycles. The molecule has 0 aliphatic rings. The Kier molecular flexibility index (Phi) is 7.85. The molecule has 0 aliphatic carbocycles. The van der Waals surface area contributed by atoms with E-state index in [1.807, 2.05) is 48.5 Å². The summed E-state index contributed by atoms with van der Waals surface area (Å²) in [6.07, 6.45) is 0.648. The summed E-state index contributed by atoms with van der Waals surface area (Å²) in [6.45, 7) is 0.523. The molecule has 2 rings (SSSR count). The predicted molar refractivity (Wildman–Crippen MR) is 102 cm³/mol. The van der Waals surface area contributed by atoms with E-state index < -0.39 is 0 Å². The minimum Gasteiger partial charge on any atom is -0.370 e. The molecule has 0 radical (unpaired) electrons. The van der Waals surface area contributed by atoms with Crippen LogP contribution in [0.1, 0.15) is 5.56 Å². The van der Waals surface area contributed by atoms with E-state index >= 15 is 0 Å². The number of benzene rings is 2. The highest BCUT2D eigenvalue weighted by Gasteiger charge is 2.04. The van der Waals surface area contributed by atoms with Gasteiger partial charge in [0.2, 0.25) is 0 Å². The number of rotatable bonds is 4. The zero-order valence-electron chi connectivity index (χ0n) is 11.2. The average molecular weight is 436 g/mol. The van der Waals surface area contributed by atoms with Crippen molar-refractivity contribution in [2.24, 2.45) is 10.7 Å². The smallest absolute Gasteiger partial charge is 0.193 e. The van der Waals surface area contributed by atoms with Crippen molar-refractivity contribution >= 4 is 58.8 Å². The van der Waals surface area contributed by atoms with Gasteiger partial charge in [0.25, 0.3) is 0 Å². The van der Waals surface area contributed by atoms with Gasteiger partial charge in [-0.25, -0.2) is 0 Å². The summed E-state index contributed by atoms with van der Waals surface area (Å²) in [5, 5.41) is 4.33. The van der Waals surface area contributed by atoms with Crippen molar-refractivity contribution in [3.8, 4) is 0 Å². The van der Waals surface area contributed by atoms with Crippen LogP contribution in [0.3, 0.4) is 0 Å². The summed E-state index contributed by atoms with van der Waals surface area (Å²) >= 11 is 12.2. The van der Waals surface area contributed by atoms with E-state index in [1.165, 1.54) is 0 Å². The molecule has 0 aliphatic heterocycles. The molecule has 0 amide bonds. The first-order valence-electron chi connectivity index (χ1n) is 6.21. The van der Waals surface area contributed by atoms with Gasteiger partial charge < -0.3 is 11.1 Å². The summed E-state index contributed by atoms with van der Waals surface area (Å²) in [4.78, 5) is 4.26. The zero-order chi connectivity index (χ0) is 14.4. The molecule has 3 N–H and O–H groups in total. The Morgan fingerprint density at radius 1 is 1.00 bits per heavy atom. The molecule has 6 heteroatoms. The van der Waals surface area contributed by atoms with Gasteiger partial charge >= 0.3 is 0 Å². The topological polar surface area (TPSA) is 50.4 Å². The number of nitrogens with two attached hydrogens (primary N) is 1. The first-order chi connectivity index (χ1) is 9.66. The van der Waals surface area contributed by atoms with Crippen LogP contribution in [0.25, 0.3) is 0 Å². The van der Waals surface area contributed by atoms with Crippen LogP contribution in [0, 0.1) is 0 Å². The number of hydrogen-bond donors (Lipinski definition) is 2. The molecule has 0 unspecified atom stereocenters. The van der Waals surface area contributed by atoms with E-state index in [9.17, 15) is 0 Å². The molecule has 2 aromatic rings. The van der Waals surface area contributed by atoms with Crippen molar-refractivity contribution in [1.82, 2.24) is 0 Å². The Labute approximate surface area is 151 Å². The number of anilines is 1. The number of guanidine groups is 1. The summed E-state index contributed by atoms with van der Waals surface area (Å²) in [5.74, 6) is 0.374. The zero-order valence-corrected chi connectivity index (χ0v) is 15.1. The molecular weight excluding hydrogens is 420 g/mol. The summed E-state index contributed by atoms with van der Waals surface area (Å²) in [5.41, 5.74) is 7.62. The second-order valence-corrected chi connectivity index (χ2v) is 5.02. The third-order valence-electron chi connectivity index (χ3n) is 2.75. The standard InChI is InChI=1S/C15H15Cl2N3.HI/c16-13-7-4-8-14(17)12(13)9-10-19-15(18)20-11-5-2-1-3-6-11;/h1-8H,9-10H2,(H3,18,19,20);1H. The van der Waals surface area contributed by atoms with Crippen molar-refractivity contribution in [3.63, 3.8) is 0 Å². The molecule has 0 heterocycles. The lowest BCUT2D eigenvalue weighted by molar-refractivity contribution is 0.965. The number of halogens is 3.